The number of aliphatic hydroxyl groups is 1. The second kappa shape index (κ2) is 6.40. The van der Waals surface area contributed by atoms with Gasteiger partial charge in [0.15, 0.2) is 0 Å². The van der Waals surface area contributed by atoms with Crippen LogP contribution in [-0.2, 0) is 0 Å². The van der Waals surface area contributed by atoms with Crippen LogP contribution in [0.1, 0.15) is 38.2 Å². The van der Waals surface area contributed by atoms with Gasteiger partial charge < -0.3 is 15.6 Å². The van der Waals surface area contributed by atoms with Crippen LogP contribution in [0.3, 0.4) is 0 Å². The zero-order chi connectivity index (χ0) is 13.8. The smallest absolute Gasteiger partial charge is 0.119 e. The lowest BCUT2D eigenvalue weighted by molar-refractivity contribution is 0.123. The largest absolute Gasteiger partial charge is 0.493 e. The highest BCUT2D eigenvalue weighted by molar-refractivity contribution is 5.30. The fourth-order valence-corrected chi connectivity index (χ4v) is 2.31. The van der Waals surface area contributed by atoms with Crippen molar-refractivity contribution in [2.75, 3.05) is 13.2 Å². The fourth-order valence-electron chi connectivity index (χ4n) is 2.31. The molecule has 0 spiro atoms. The van der Waals surface area contributed by atoms with Gasteiger partial charge in [-0.3, -0.25) is 0 Å². The Kier molecular flexibility index (Phi) is 4.83. The van der Waals surface area contributed by atoms with Crippen LogP contribution >= 0.6 is 0 Å². The Bertz CT molecular complexity index is 384. The van der Waals surface area contributed by atoms with E-state index in [0.717, 1.165) is 30.8 Å². The van der Waals surface area contributed by atoms with Gasteiger partial charge in [0.1, 0.15) is 5.75 Å². The van der Waals surface area contributed by atoms with Gasteiger partial charge in [-0.05, 0) is 42.4 Å². The van der Waals surface area contributed by atoms with Crippen LogP contribution in [0, 0.1) is 11.8 Å². The minimum absolute atomic E-state index is 0.0478. The van der Waals surface area contributed by atoms with Crippen molar-refractivity contribution in [1.82, 2.24) is 0 Å². The van der Waals surface area contributed by atoms with E-state index in [2.05, 4.69) is 13.8 Å². The van der Waals surface area contributed by atoms with E-state index in [0.29, 0.717) is 18.4 Å². The van der Waals surface area contributed by atoms with Gasteiger partial charge in [-0.1, -0.05) is 26.0 Å². The second-order valence-corrected chi connectivity index (χ2v) is 5.94. The Morgan fingerprint density at radius 1 is 1.26 bits per heavy atom. The molecule has 3 nitrogen and oxygen atoms in total. The van der Waals surface area contributed by atoms with Crippen molar-refractivity contribution >= 4 is 0 Å². The van der Waals surface area contributed by atoms with Crippen LogP contribution < -0.4 is 10.5 Å². The third-order valence-electron chi connectivity index (χ3n) is 3.66. The van der Waals surface area contributed by atoms with E-state index in [4.69, 9.17) is 10.5 Å². The van der Waals surface area contributed by atoms with E-state index in [1.807, 2.05) is 24.3 Å². The lowest BCUT2D eigenvalue weighted by Gasteiger charge is -2.22. The summed E-state index contributed by atoms with van der Waals surface area (Å²) in [5, 5.41) is 10.2. The molecule has 106 valence electrons. The standard InChI is InChI=1S/C16H25NO2/c1-11(2)10-19-14-7-5-12(6-8-14)15(9-17)16(18)13-3-4-13/h5-8,11,13,15-16,18H,3-4,9-10,17H2,1-2H3. The number of aliphatic hydroxyl groups excluding tert-OH is 1. The lowest BCUT2D eigenvalue weighted by atomic mass is 9.91. The zero-order valence-corrected chi connectivity index (χ0v) is 11.9. The molecule has 0 amide bonds. The molecular formula is C16H25NO2. The summed E-state index contributed by atoms with van der Waals surface area (Å²) in [6.45, 7) is 5.48. The molecule has 1 aromatic rings. The molecule has 0 radical (unpaired) electrons. The fraction of sp³-hybridized carbons (Fsp3) is 0.625. The van der Waals surface area contributed by atoms with Gasteiger partial charge in [0.05, 0.1) is 12.7 Å². The number of benzene rings is 1. The minimum atomic E-state index is -0.299. The SMILES string of the molecule is CC(C)COc1ccc(C(CN)C(O)C2CC2)cc1. The van der Waals surface area contributed by atoms with E-state index in [1.165, 1.54) is 0 Å². The van der Waals surface area contributed by atoms with E-state index in [-0.39, 0.29) is 12.0 Å². The Balaban J connectivity index is 1.99. The molecular weight excluding hydrogens is 238 g/mol. The molecule has 19 heavy (non-hydrogen) atoms. The summed E-state index contributed by atoms with van der Waals surface area (Å²) in [6, 6.07) is 8.00. The third kappa shape index (κ3) is 3.95. The zero-order valence-electron chi connectivity index (χ0n) is 11.9. The molecule has 3 N–H and O–H groups in total. The van der Waals surface area contributed by atoms with E-state index in [9.17, 15) is 5.11 Å². The predicted octanol–water partition coefficient (Wildman–Crippen LogP) is 2.53. The monoisotopic (exact) mass is 263 g/mol. The van der Waals surface area contributed by atoms with Crippen molar-refractivity contribution < 1.29 is 9.84 Å². The van der Waals surface area contributed by atoms with Crippen LogP contribution in [0.4, 0.5) is 0 Å². The van der Waals surface area contributed by atoms with Crippen LogP contribution in [-0.4, -0.2) is 24.4 Å². The van der Waals surface area contributed by atoms with Crippen molar-refractivity contribution in [3.05, 3.63) is 29.8 Å². The Labute approximate surface area is 115 Å². The van der Waals surface area contributed by atoms with Crippen LogP contribution in [0.5, 0.6) is 5.75 Å². The normalized spacial score (nSPS) is 18.4. The molecule has 0 heterocycles. The van der Waals surface area contributed by atoms with Gasteiger partial charge >= 0.3 is 0 Å². The highest BCUT2D eigenvalue weighted by atomic mass is 16.5. The summed E-state index contributed by atoms with van der Waals surface area (Å²) in [4.78, 5) is 0. The van der Waals surface area contributed by atoms with E-state index >= 15 is 0 Å². The maximum absolute atomic E-state index is 10.2. The maximum Gasteiger partial charge on any atom is 0.119 e. The first-order valence-electron chi connectivity index (χ1n) is 7.22. The number of hydrogen-bond acceptors (Lipinski definition) is 3. The maximum atomic E-state index is 10.2. The van der Waals surface area contributed by atoms with Crippen LogP contribution in [0.15, 0.2) is 24.3 Å². The van der Waals surface area contributed by atoms with Gasteiger partial charge in [0.2, 0.25) is 0 Å². The minimum Gasteiger partial charge on any atom is -0.493 e. The first kappa shape index (κ1) is 14.4. The van der Waals surface area contributed by atoms with E-state index < -0.39 is 0 Å². The molecule has 1 fully saturated rings. The topological polar surface area (TPSA) is 55.5 Å². The molecule has 1 aromatic carbocycles. The first-order chi connectivity index (χ1) is 9.11. The highest BCUT2D eigenvalue weighted by Gasteiger charge is 2.35. The predicted molar refractivity (Wildman–Crippen MR) is 77.3 cm³/mol. The first-order valence-corrected chi connectivity index (χ1v) is 7.22. The van der Waals surface area contributed by atoms with Gasteiger partial charge in [0.25, 0.3) is 0 Å². The molecule has 2 rings (SSSR count). The molecule has 3 heteroatoms. The second-order valence-electron chi connectivity index (χ2n) is 5.94. The average molecular weight is 263 g/mol. The van der Waals surface area contributed by atoms with Gasteiger partial charge in [-0.2, -0.15) is 0 Å². The third-order valence-corrected chi connectivity index (χ3v) is 3.66. The van der Waals surface area contributed by atoms with Crippen LogP contribution in [0.2, 0.25) is 0 Å². The Morgan fingerprint density at radius 2 is 1.89 bits per heavy atom. The highest BCUT2D eigenvalue weighted by Crippen LogP contribution is 2.38. The van der Waals surface area contributed by atoms with Crippen molar-refractivity contribution in [2.45, 2.75) is 38.7 Å². The molecule has 0 aliphatic heterocycles. The summed E-state index contributed by atoms with van der Waals surface area (Å²) in [7, 11) is 0. The molecule has 2 atom stereocenters. The summed E-state index contributed by atoms with van der Waals surface area (Å²) < 4.78 is 5.66. The van der Waals surface area contributed by atoms with Crippen molar-refractivity contribution in [1.29, 1.82) is 0 Å². The summed E-state index contributed by atoms with van der Waals surface area (Å²) in [6.07, 6.45) is 1.97. The number of hydrogen-bond donors (Lipinski definition) is 2. The molecule has 0 aromatic heterocycles. The van der Waals surface area contributed by atoms with Crippen molar-refractivity contribution in [2.24, 2.45) is 17.6 Å². The number of rotatable bonds is 7. The molecule has 0 bridgehead atoms. The summed E-state index contributed by atoms with van der Waals surface area (Å²) in [5.41, 5.74) is 6.93. The number of ether oxygens (including phenoxy) is 1. The molecule has 0 saturated heterocycles. The van der Waals surface area contributed by atoms with Crippen LogP contribution in [0.25, 0.3) is 0 Å². The number of nitrogens with two attached hydrogens (primary N) is 1. The van der Waals surface area contributed by atoms with Gasteiger partial charge in [-0.15, -0.1) is 0 Å². The summed E-state index contributed by atoms with van der Waals surface area (Å²) in [5.74, 6) is 1.90. The molecule has 1 saturated carbocycles. The average Bonchev–Trinajstić information content (AvgIpc) is 3.22. The van der Waals surface area contributed by atoms with Crippen molar-refractivity contribution in [3.8, 4) is 5.75 Å². The molecule has 1 aliphatic carbocycles. The van der Waals surface area contributed by atoms with Gasteiger partial charge in [-0.25, -0.2) is 0 Å². The molecule has 1 aliphatic rings. The Hall–Kier alpha value is -1.06. The summed E-state index contributed by atoms with van der Waals surface area (Å²) >= 11 is 0. The quantitative estimate of drug-likeness (QED) is 0.795. The van der Waals surface area contributed by atoms with Crippen molar-refractivity contribution in [3.63, 3.8) is 0 Å². The lowest BCUT2D eigenvalue weighted by Crippen LogP contribution is -2.27. The Morgan fingerprint density at radius 3 is 2.37 bits per heavy atom. The van der Waals surface area contributed by atoms with Gasteiger partial charge in [0, 0.05) is 12.5 Å². The van der Waals surface area contributed by atoms with E-state index in [1.54, 1.807) is 0 Å². The molecule has 2 unspecified atom stereocenters.